The number of aryl methyl sites for hydroxylation is 1. The summed E-state index contributed by atoms with van der Waals surface area (Å²) in [6, 6.07) is 20.5. The van der Waals surface area contributed by atoms with Gasteiger partial charge in [-0.2, -0.15) is 4.40 Å². The molecule has 0 bridgehead atoms. The largest absolute Gasteiger partial charge is 0.483 e. The molecule has 37 heavy (non-hydrogen) atoms. The number of halogens is 1. The molecule has 0 saturated carbocycles. The fraction of sp³-hybridized carbons (Fsp3) is 0.296. The standard InChI is InChI=1S/C27H31FN2O4S3/c1-19-11-17-23(18-12-19)37(32,33)30-24(20-13-15-21(28)16-14-20)25(35-22-9-7-6-8-10-22)26(34-5)29-36(31)27(2,3)4/h6-18,24-25,30H,1-5H3/b29-26+/t24-,25-,36-/m1/s1. The molecule has 0 aliphatic rings. The Morgan fingerprint density at radius 3 is 2.14 bits per heavy atom. The average Bonchev–Trinajstić information content (AvgIpc) is 2.85. The van der Waals surface area contributed by atoms with E-state index in [1.165, 1.54) is 55.3 Å². The van der Waals surface area contributed by atoms with Crippen molar-refractivity contribution in [3.05, 3.63) is 95.8 Å². The second kappa shape index (κ2) is 12.3. The summed E-state index contributed by atoms with van der Waals surface area (Å²) in [6.45, 7) is 7.23. The lowest BCUT2D eigenvalue weighted by Crippen LogP contribution is -2.40. The number of methoxy groups -OCH3 is 1. The molecule has 6 nitrogen and oxygen atoms in total. The molecule has 3 atom stereocenters. The zero-order valence-corrected chi connectivity index (χ0v) is 23.8. The second-order valence-electron chi connectivity index (χ2n) is 9.31. The van der Waals surface area contributed by atoms with Gasteiger partial charge in [0, 0.05) is 4.90 Å². The topological polar surface area (TPSA) is 84.8 Å². The molecule has 0 fully saturated rings. The van der Waals surface area contributed by atoms with Gasteiger partial charge in [0.2, 0.25) is 15.9 Å². The maximum absolute atomic E-state index is 13.8. The van der Waals surface area contributed by atoms with Crippen LogP contribution in [-0.4, -0.2) is 35.6 Å². The molecule has 0 spiro atoms. The van der Waals surface area contributed by atoms with E-state index in [0.717, 1.165) is 10.5 Å². The van der Waals surface area contributed by atoms with E-state index in [1.54, 1.807) is 32.9 Å². The highest BCUT2D eigenvalue weighted by Gasteiger charge is 2.35. The van der Waals surface area contributed by atoms with Crippen LogP contribution in [0.25, 0.3) is 0 Å². The second-order valence-corrected chi connectivity index (χ2v) is 14.1. The van der Waals surface area contributed by atoms with Crippen LogP contribution in [0.2, 0.25) is 0 Å². The molecule has 0 radical (unpaired) electrons. The molecule has 0 aliphatic carbocycles. The summed E-state index contributed by atoms with van der Waals surface area (Å²) >= 11 is 1.31. The van der Waals surface area contributed by atoms with E-state index >= 15 is 0 Å². The SMILES string of the molecule is CO/C(=N/[S@](=O)C(C)(C)C)[C@H](Sc1ccccc1)[C@H](NS(=O)(=O)c1ccc(C)cc1)c1ccc(F)cc1. The Hall–Kier alpha value is -2.53. The van der Waals surface area contributed by atoms with Crippen LogP contribution >= 0.6 is 11.8 Å². The number of sulfonamides is 1. The molecule has 10 heteroatoms. The Kier molecular flexibility index (Phi) is 9.68. The van der Waals surface area contributed by atoms with Crippen LogP contribution in [-0.2, 0) is 25.7 Å². The highest BCUT2D eigenvalue weighted by Crippen LogP contribution is 2.35. The average molecular weight is 563 g/mol. The zero-order valence-electron chi connectivity index (χ0n) is 21.3. The van der Waals surface area contributed by atoms with Crippen molar-refractivity contribution in [2.24, 2.45) is 4.40 Å². The normalized spacial score (nSPS) is 15.1. The Morgan fingerprint density at radius 2 is 1.59 bits per heavy atom. The molecule has 3 rings (SSSR count). The molecule has 0 heterocycles. The summed E-state index contributed by atoms with van der Waals surface area (Å²) in [5, 5.41) is -0.774. The smallest absolute Gasteiger partial charge is 0.241 e. The molecule has 198 valence electrons. The third kappa shape index (κ3) is 7.98. The maximum atomic E-state index is 13.8. The van der Waals surface area contributed by atoms with E-state index < -0.39 is 42.9 Å². The Morgan fingerprint density at radius 1 is 1.00 bits per heavy atom. The van der Waals surface area contributed by atoms with Gasteiger partial charge in [-0.3, -0.25) is 0 Å². The highest BCUT2D eigenvalue weighted by atomic mass is 32.2. The molecule has 0 amide bonds. The fourth-order valence-electron chi connectivity index (χ4n) is 3.26. The van der Waals surface area contributed by atoms with E-state index in [2.05, 4.69) is 9.12 Å². The molecular formula is C27H31FN2O4S3. The Balaban J connectivity index is 2.17. The van der Waals surface area contributed by atoms with Crippen molar-refractivity contribution in [1.82, 2.24) is 4.72 Å². The van der Waals surface area contributed by atoms with Gasteiger partial charge in [0.05, 0.1) is 22.8 Å². The lowest BCUT2D eigenvalue weighted by molar-refractivity contribution is 0.386. The van der Waals surface area contributed by atoms with E-state index in [1.807, 2.05) is 37.3 Å². The van der Waals surface area contributed by atoms with E-state index in [9.17, 15) is 17.0 Å². The molecule has 3 aromatic carbocycles. The van der Waals surface area contributed by atoms with Crippen LogP contribution in [0.3, 0.4) is 0 Å². The van der Waals surface area contributed by atoms with Gasteiger partial charge in [-0.05, 0) is 69.7 Å². The molecular weight excluding hydrogens is 532 g/mol. The van der Waals surface area contributed by atoms with Crippen LogP contribution in [0, 0.1) is 12.7 Å². The Bertz CT molecular complexity index is 1340. The van der Waals surface area contributed by atoms with Gasteiger partial charge >= 0.3 is 0 Å². The third-order valence-electron chi connectivity index (χ3n) is 5.30. The van der Waals surface area contributed by atoms with Gasteiger partial charge in [-0.15, -0.1) is 11.8 Å². The monoisotopic (exact) mass is 562 g/mol. The summed E-state index contributed by atoms with van der Waals surface area (Å²) < 4.78 is 66.0. The van der Waals surface area contributed by atoms with E-state index in [-0.39, 0.29) is 10.8 Å². The van der Waals surface area contributed by atoms with Crippen molar-refractivity contribution >= 4 is 38.7 Å². The van der Waals surface area contributed by atoms with E-state index in [0.29, 0.717) is 5.56 Å². The summed E-state index contributed by atoms with van der Waals surface area (Å²) in [6.07, 6.45) is 0. The maximum Gasteiger partial charge on any atom is 0.241 e. The van der Waals surface area contributed by atoms with Crippen LogP contribution in [0.1, 0.15) is 37.9 Å². The fourth-order valence-corrected chi connectivity index (χ4v) is 6.49. The van der Waals surface area contributed by atoms with E-state index in [4.69, 9.17) is 4.74 Å². The number of nitrogens with zero attached hydrogens (tertiary/aromatic N) is 1. The molecule has 0 aromatic heterocycles. The van der Waals surface area contributed by atoms with Crippen LogP contribution in [0.15, 0.2) is 93.1 Å². The minimum atomic E-state index is -4.01. The van der Waals surface area contributed by atoms with Crippen molar-refractivity contribution in [2.75, 3.05) is 7.11 Å². The number of hydrogen-bond acceptors (Lipinski definition) is 5. The number of thioether (sulfide) groups is 1. The first-order valence-electron chi connectivity index (χ1n) is 11.5. The van der Waals surface area contributed by atoms with Crippen molar-refractivity contribution in [3.8, 4) is 0 Å². The summed E-state index contributed by atoms with van der Waals surface area (Å²) in [5.41, 5.74) is 1.42. The van der Waals surface area contributed by atoms with Gasteiger partial charge < -0.3 is 4.74 Å². The predicted molar refractivity (Wildman–Crippen MR) is 149 cm³/mol. The minimum absolute atomic E-state index is 0.0860. The highest BCUT2D eigenvalue weighted by molar-refractivity contribution is 8.00. The van der Waals surface area contributed by atoms with Gasteiger partial charge in [-0.25, -0.2) is 21.7 Å². The van der Waals surface area contributed by atoms with Crippen molar-refractivity contribution in [3.63, 3.8) is 0 Å². The quantitative estimate of drug-likeness (QED) is 0.202. The van der Waals surface area contributed by atoms with Gasteiger partial charge in [0.25, 0.3) is 0 Å². The number of ether oxygens (including phenoxy) is 1. The summed E-state index contributed by atoms with van der Waals surface area (Å²) in [7, 11) is -4.28. The molecule has 0 aliphatic heterocycles. The summed E-state index contributed by atoms with van der Waals surface area (Å²) in [4.78, 5) is 0.906. The van der Waals surface area contributed by atoms with Gasteiger partial charge in [-0.1, -0.05) is 48.0 Å². The number of benzene rings is 3. The lowest BCUT2D eigenvalue weighted by Gasteiger charge is -2.29. The number of rotatable bonds is 9. The molecule has 3 aromatic rings. The van der Waals surface area contributed by atoms with Gasteiger partial charge in [0.1, 0.15) is 22.1 Å². The lowest BCUT2D eigenvalue weighted by atomic mass is 10.0. The predicted octanol–water partition coefficient (Wildman–Crippen LogP) is 5.82. The number of hydrogen-bond donors (Lipinski definition) is 1. The van der Waals surface area contributed by atoms with Crippen molar-refractivity contribution in [2.45, 2.75) is 53.5 Å². The first kappa shape index (κ1) is 29.0. The minimum Gasteiger partial charge on any atom is -0.483 e. The zero-order chi connectivity index (χ0) is 27.2. The first-order chi connectivity index (χ1) is 17.4. The molecule has 0 unspecified atom stereocenters. The van der Waals surface area contributed by atoms with Crippen molar-refractivity contribution < 1.29 is 21.8 Å². The third-order valence-corrected chi connectivity index (χ3v) is 9.42. The van der Waals surface area contributed by atoms with Crippen molar-refractivity contribution in [1.29, 1.82) is 0 Å². The first-order valence-corrected chi connectivity index (χ1v) is 15.0. The Labute approximate surface area is 225 Å². The van der Waals surface area contributed by atoms with Gasteiger partial charge in [0.15, 0.2) is 0 Å². The van der Waals surface area contributed by atoms with Crippen LogP contribution < -0.4 is 4.72 Å². The van der Waals surface area contributed by atoms with Crippen LogP contribution in [0.5, 0.6) is 0 Å². The molecule has 0 saturated heterocycles. The molecule has 1 N–H and O–H groups in total. The van der Waals surface area contributed by atoms with Crippen LogP contribution in [0.4, 0.5) is 4.39 Å². The summed E-state index contributed by atoms with van der Waals surface area (Å²) in [5.74, 6) is -0.353. The number of nitrogens with one attached hydrogen (secondary N) is 1.